The van der Waals surface area contributed by atoms with Crippen molar-refractivity contribution < 1.29 is 0 Å². The SMILES string of the molecule is N#CCN1CC(C2CCCC2)CN(CC#N)C1. The van der Waals surface area contributed by atoms with Crippen molar-refractivity contribution in [1.82, 2.24) is 9.80 Å². The van der Waals surface area contributed by atoms with Crippen LogP contribution in [0.4, 0.5) is 0 Å². The summed E-state index contributed by atoms with van der Waals surface area (Å²) in [6.07, 6.45) is 5.40. The Labute approximate surface area is 103 Å². The standard InChI is InChI=1S/C13H20N4/c14-5-7-16-9-13(12-3-1-2-4-12)10-17(11-16)8-6-15/h12-13H,1-4,7-11H2. The highest BCUT2D eigenvalue weighted by Crippen LogP contribution is 2.33. The fourth-order valence-electron chi connectivity index (χ4n) is 3.28. The smallest absolute Gasteiger partial charge is 0.0876 e. The number of rotatable bonds is 3. The normalized spacial score (nSPS) is 24.6. The maximum atomic E-state index is 8.81. The van der Waals surface area contributed by atoms with Gasteiger partial charge in [-0.05, 0) is 11.8 Å². The van der Waals surface area contributed by atoms with Crippen molar-refractivity contribution in [2.75, 3.05) is 32.8 Å². The Balaban J connectivity index is 1.95. The summed E-state index contributed by atoms with van der Waals surface area (Å²) in [5.74, 6) is 1.48. The molecule has 4 heteroatoms. The maximum Gasteiger partial charge on any atom is 0.0876 e. The van der Waals surface area contributed by atoms with Crippen molar-refractivity contribution >= 4 is 0 Å². The lowest BCUT2D eigenvalue weighted by molar-refractivity contribution is 0.0434. The lowest BCUT2D eigenvalue weighted by Crippen LogP contribution is -2.51. The first-order valence-electron chi connectivity index (χ1n) is 6.52. The summed E-state index contributed by atoms with van der Waals surface area (Å²) in [5, 5.41) is 17.6. The van der Waals surface area contributed by atoms with Gasteiger partial charge in [0.05, 0.1) is 31.9 Å². The van der Waals surface area contributed by atoms with Gasteiger partial charge in [0.25, 0.3) is 0 Å². The van der Waals surface area contributed by atoms with Gasteiger partial charge in [0.2, 0.25) is 0 Å². The van der Waals surface area contributed by atoms with Crippen LogP contribution in [0.25, 0.3) is 0 Å². The van der Waals surface area contributed by atoms with Crippen LogP contribution in [0.15, 0.2) is 0 Å². The van der Waals surface area contributed by atoms with E-state index in [4.69, 9.17) is 10.5 Å². The van der Waals surface area contributed by atoms with E-state index in [9.17, 15) is 0 Å². The molecule has 1 aliphatic carbocycles. The van der Waals surface area contributed by atoms with Gasteiger partial charge >= 0.3 is 0 Å². The molecule has 0 aromatic rings. The molecule has 0 unspecified atom stereocenters. The molecule has 2 aliphatic rings. The molecule has 2 rings (SSSR count). The second-order valence-electron chi connectivity index (χ2n) is 5.29. The zero-order chi connectivity index (χ0) is 12.1. The number of hydrogen-bond acceptors (Lipinski definition) is 4. The lowest BCUT2D eigenvalue weighted by Gasteiger charge is -2.40. The van der Waals surface area contributed by atoms with E-state index in [0.29, 0.717) is 19.0 Å². The Hall–Kier alpha value is -1.10. The Kier molecular flexibility index (Phi) is 4.36. The molecule has 0 aromatic carbocycles. The molecule has 1 saturated heterocycles. The molecular weight excluding hydrogens is 212 g/mol. The van der Waals surface area contributed by atoms with Gasteiger partial charge in [0, 0.05) is 13.1 Å². The Morgan fingerprint density at radius 1 is 0.882 bits per heavy atom. The zero-order valence-electron chi connectivity index (χ0n) is 10.3. The summed E-state index contributed by atoms with van der Waals surface area (Å²) >= 11 is 0. The first-order chi connectivity index (χ1) is 8.33. The van der Waals surface area contributed by atoms with Crippen LogP contribution in [0.1, 0.15) is 25.7 Å². The highest BCUT2D eigenvalue weighted by molar-refractivity contribution is 4.89. The molecular formula is C13H20N4. The third-order valence-corrected chi connectivity index (χ3v) is 4.04. The van der Waals surface area contributed by atoms with Crippen LogP contribution in [0.3, 0.4) is 0 Å². The minimum absolute atomic E-state index is 0.491. The topological polar surface area (TPSA) is 54.1 Å². The lowest BCUT2D eigenvalue weighted by atomic mass is 9.88. The van der Waals surface area contributed by atoms with E-state index in [1.165, 1.54) is 25.7 Å². The van der Waals surface area contributed by atoms with Crippen molar-refractivity contribution in [3.63, 3.8) is 0 Å². The monoisotopic (exact) mass is 232 g/mol. The average molecular weight is 232 g/mol. The molecule has 1 heterocycles. The Morgan fingerprint density at radius 3 is 1.88 bits per heavy atom. The molecule has 0 amide bonds. The number of nitriles is 2. The van der Waals surface area contributed by atoms with Crippen LogP contribution in [0.2, 0.25) is 0 Å². The molecule has 0 spiro atoms. The Morgan fingerprint density at radius 2 is 1.41 bits per heavy atom. The predicted octanol–water partition coefficient (Wildman–Crippen LogP) is 1.42. The molecule has 0 aromatic heterocycles. The van der Waals surface area contributed by atoms with Crippen LogP contribution >= 0.6 is 0 Å². The Bertz CT molecular complexity index is 297. The summed E-state index contributed by atoms with van der Waals surface area (Å²) in [6.45, 7) is 3.85. The third kappa shape index (κ3) is 3.19. The summed E-state index contributed by atoms with van der Waals surface area (Å²) < 4.78 is 0. The van der Waals surface area contributed by atoms with Crippen molar-refractivity contribution in [2.24, 2.45) is 11.8 Å². The van der Waals surface area contributed by atoms with Gasteiger partial charge < -0.3 is 0 Å². The van der Waals surface area contributed by atoms with Gasteiger partial charge in [-0.25, -0.2) is 0 Å². The van der Waals surface area contributed by atoms with Crippen LogP contribution in [-0.4, -0.2) is 42.6 Å². The second-order valence-corrected chi connectivity index (χ2v) is 5.29. The maximum absolute atomic E-state index is 8.81. The van der Waals surface area contributed by atoms with E-state index in [2.05, 4.69) is 21.9 Å². The molecule has 2 fully saturated rings. The quantitative estimate of drug-likeness (QED) is 0.690. The molecule has 1 aliphatic heterocycles. The van der Waals surface area contributed by atoms with Crippen molar-refractivity contribution in [2.45, 2.75) is 25.7 Å². The van der Waals surface area contributed by atoms with E-state index in [0.717, 1.165) is 25.7 Å². The first-order valence-corrected chi connectivity index (χ1v) is 6.52. The van der Waals surface area contributed by atoms with Gasteiger partial charge in [-0.3, -0.25) is 9.80 Å². The average Bonchev–Trinajstić information content (AvgIpc) is 2.83. The molecule has 0 atom stereocenters. The third-order valence-electron chi connectivity index (χ3n) is 4.04. The van der Waals surface area contributed by atoms with Crippen molar-refractivity contribution in [3.05, 3.63) is 0 Å². The van der Waals surface area contributed by atoms with Gasteiger partial charge in [-0.2, -0.15) is 10.5 Å². The highest BCUT2D eigenvalue weighted by Gasteiger charge is 2.32. The van der Waals surface area contributed by atoms with Gasteiger partial charge in [-0.15, -0.1) is 0 Å². The summed E-state index contributed by atoms with van der Waals surface area (Å²) in [5.41, 5.74) is 0. The highest BCUT2D eigenvalue weighted by atomic mass is 15.3. The predicted molar refractivity (Wildman–Crippen MR) is 64.7 cm³/mol. The zero-order valence-corrected chi connectivity index (χ0v) is 10.3. The minimum Gasteiger partial charge on any atom is -0.277 e. The fraction of sp³-hybridized carbons (Fsp3) is 0.846. The summed E-state index contributed by atoms with van der Waals surface area (Å²) in [4.78, 5) is 4.37. The van der Waals surface area contributed by atoms with E-state index >= 15 is 0 Å². The molecule has 0 N–H and O–H groups in total. The van der Waals surface area contributed by atoms with Gasteiger partial charge in [0.15, 0.2) is 0 Å². The van der Waals surface area contributed by atoms with E-state index < -0.39 is 0 Å². The molecule has 0 bridgehead atoms. The minimum atomic E-state index is 0.491. The fourth-order valence-corrected chi connectivity index (χ4v) is 3.28. The van der Waals surface area contributed by atoms with E-state index in [1.54, 1.807) is 0 Å². The van der Waals surface area contributed by atoms with Gasteiger partial charge in [-0.1, -0.05) is 25.7 Å². The van der Waals surface area contributed by atoms with Crippen LogP contribution < -0.4 is 0 Å². The van der Waals surface area contributed by atoms with Crippen LogP contribution in [0, 0.1) is 34.5 Å². The number of nitrogens with zero attached hydrogens (tertiary/aromatic N) is 4. The van der Waals surface area contributed by atoms with E-state index in [1.807, 2.05) is 0 Å². The van der Waals surface area contributed by atoms with E-state index in [-0.39, 0.29) is 0 Å². The second kappa shape index (κ2) is 6.00. The molecule has 92 valence electrons. The number of hydrogen-bond donors (Lipinski definition) is 0. The molecule has 1 saturated carbocycles. The van der Waals surface area contributed by atoms with Crippen molar-refractivity contribution in [3.8, 4) is 12.1 Å². The largest absolute Gasteiger partial charge is 0.277 e. The van der Waals surface area contributed by atoms with Crippen LogP contribution in [0.5, 0.6) is 0 Å². The van der Waals surface area contributed by atoms with Crippen LogP contribution in [-0.2, 0) is 0 Å². The molecule has 17 heavy (non-hydrogen) atoms. The summed E-state index contributed by atoms with van der Waals surface area (Å²) in [6, 6.07) is 4.46. The molecule has 4 nitrogen and oxygen atoms in total. The van der Waals surface area contributed by atoms with Crippen molar-refractivity contribution in [1.29, 1.82) is 10.5 Å². The van der Waals surface area contributed by atoms with Gasteiger partial charge in [0.1, 0.15) is 0 Å². The summed E-state index contributed by atoms with van der Waals surface area (Å²) in [7, 11) is 0. The first kappa shape index (κ1) is 12.4. The molecule has 0 radical (unpaired) electrons.